The van der Waals surface area contributed by atoms with Crippen LogP contribution in [0.25, 0.3) is 10.9 Å². The van der Waals surface area contributed by atoms with Gasteiger partial charge in [0, 0.05) is 53.6 Å². The molecular formula is C19H19N3O4. The highest BCUT2D eigenvalue weighted by molar-refractivity contribution is 6.05. The molecule has 1 N–H and O–H groups in total. The Morgan fingerprint density at radius 1 is 1.23 bits per heavy atom. The smallest absolute Gasteiger partial charge is 0.272 e. The van der Waals surface area contributed by atoms with Crippen molar-refractivity contribution in [1.82, 2.24) is 4.57 Å². The first kappa shape index (κ1) is 17.6. The van der Waals surface area contributed by atoms with Crippen molar-refractivity contribution in [3.63, 3.8) is 0 Å². The number of benzene rings is 2. The Hall–Kier alpha value is -3.19. The van der Waals surface area contributed by atoms with Crippen LogP contribution in [0.4, 0.5) is 11.4 Å². The summed E-state index contributed by atoms with van der Waals surface area (Å²) in [5.74, 6) is -0.304. The minimum atomic E-state index is -0.459. The van der Waals surface area contributed by atoms with Gasteiger partial charge in [0.05, 0.1) is 11.5 Å². The number of nitrogens with one attached hydrogen (secondary N) is 1. The number of fused-ring (bicyclic) bond motifs is 1. The van der Waals surface area contributed by atoms with Crippen molar-refractivity contribution in [2.45, 2.75) is 13.5 Å². The number of aryl methyl sites for hydroxylation is 1. The van der Waals surface area contributed by atoms with Crippen molar-refractivity contribution in [2.75, 3.05) is 19.0 Å². The first-order valence-electron chi connectivity index (χ1n) is 8.14. The van der Waals surface area contributed by atoms with E-state index in [1.165, 1.54) is 18.2 Å². The number of methoxy groups -OCH3 is 1. The van der Waals surface area contributed by atoms with Gasteiger partial charge in [0.2, 0.25) is 0 Å². The summed E-state index contributed by atoms with van der Waals surface area (Å²) in [5.41, 5.74) is 2.56. The highest BCUT2D eigenvalue weighted by Gasteiger charge is 2.14. The van der Waals surface area contributed by atoms with E-state index in [-0.39, 0.29) is 11.6 Å². The average molecular weight is 353 g/mol. The van der Waals surface area contributed by atoms with Crippen LogP contribution in [0, 0.1) is 17.0 Å². The maximum atomic E-state index is 12.4. The molecular weight excluding hydrogens is 334 g/mol. The Bertz CT molecular complexity index is 978. The number of nitro groups is 1. The molecule has 7 heteroatoms. The molecule has 7 nitrogen and oxygen atoms in total. The third-order valence-corrected chi connectivity index (χ3v) is 4.22. The topological polar surface area (TPSA) is 86.4 Å². The molecule has 0 aliphatic heterocycles. The lowest BCUT2D eigenvalue weighted by atomic mass is 10.1. The second-order valence-electron chi connectivity index (χ2n) is 5.99. The second-order valence-corrected chi connectivity index (χ2v) is 5.99. The monoisotopic (exact) mass is 353 g/mol. The van der Waals surface area contributed by atoms with Crippen LogP contribution in [-0.4, -0.2) is 29.1 Å². The maximum Gasteiger partial charge on any atom is 0.272 e. The van der Waals surface area contributed by atoms with Gasteiger partial charge < -0.3 is 14.6 Å². The van der Waals surface area contributed by atoms with E-state index >= 15 is 0 Å². The predicted octanol–water partition coefficient (Wildman–Crippen LogP) is 3.76. The molecule has 134 valence electrons. The zero-order valence-corrected chi connectivity index (χ0v) is 14.6. The normalized spacial score (nSPS) is 10.8. The van der Waals surface area contributed by atoms with Crippen LogP contribution in [0.2, 0.25) is 0 Å². The number of anilines is 1. The molecule has 26 heavy (non-hydrogen) atoms. The number of carbonyl (C=O) groups excluding carboxylic acids is 1. The number of hydrogen-bond acceptors (Lipinski definition) is 4. The summed E-state index contributed by atoms with van der Waals surface area (Å²) in [7, 11) is 1.67. The lowest BCUT2D eigenvalue weighted by Gasteiger charge is -2.08. The Morgan fingerprint density at radius 2 is 2.04 bits per heavy atom. The van der Waals surface area contributed by atoms with E-state index in [0.717, 1.165) is 17.4 Å². The molecule has 0 radical (unpaired) electrons. The van der Waals surface area contributed by atoms with Gasteiger partial charge in [0.15, 0.2) is 0 Å². The predicted molar refractivity (Wildman–Crippen MR) is 99.6 cm³/mol. The number of ether oxygens (including phenoxy) is 1. The van der Waals surface area contributed by atoms with E-state index in [2.05, 4.69) is 9.88 Å². The Labute approximate surface area is 150 Å². The number of aromatic nitrogens is 1. The zero-order chi connectivity index (χ0) is 18.7. The van der Waals surface area contributed by atoms with E-state index in [1.807, 2.05) is 30.5 Å². The van der Waals surface area contributed by atoms with Crippen LogP contribution >= 0.6 is 0 Å². The van der Waals surface area contributed by atoms with E-state index in [0.29, 0.717) is 23.4 Å². The van der Waals surface area contributed by atoms with Gasteiger partial charge in [0.1, 0.15) is 0 Å². The number of nitrogens with zero attached hydrogens (tertiary/aromatic N) is 2. The quantitative estimate of drug-likeness (QED) is 0.540. The molecule has 0 atom stereocenters. The molecule has 3 aromatic rings. The van der Waals surface area contributed by atoms with Crippen LogP contribution in [0.3, 0.4) is 0 Å². The minimum absolute atomic E-state index is 0.000341. The van der Waals surface area contributed by atoms with Crippen LogP contribution in [-0.2, 0) is 11.3 Å². The number of nitro benzene ring substituents is 1. The molecule has 0 bridgehead atoms. The van der Waals surface area contributed by atoms with Crippen molar-refractivity contribution < 1.29 is 14.5 Å². The molecule has 0 saturated heterocycles. The fraction of sp³-hybridized carbons (Fsp3) is 0.211. The third-order valence-electron chi connectivity index (χ3n) is 4.22. The highest BCUT2D eigenvalue weighted by atomic mass is 16.6. The van der Waals surface area contributed by atoms with E-state index in [4.69, 9.17) is 4.74 Å². The summed E-state index contributed by atoms with van der Waals surface area (Å²) in [6.07, 6.45) is 1.98. The summed E-state index contributed by atoms with van der Waals surface area (Å²) >= 11 is 0. The zero-order valence-electron chi connectivity index (χ0n) is 14.6. The lowest BCUT2D eigenvalue weighted by Crippen LogP contribution is -2.12. The first-order chi connectivity index (χ1) is 12.5. The standard InChI is InChI=1S/C19H19N3O4/c1-13-11-15(3-5-17(13)22(24)25)19(23)20-16-4-6-18-14(12-16)7-8-21(18)9-10-26-2/h3-8,11-12H,9-10H2,1-2H3,(H,20,23). The largest absolute Gasteiger partial charge is 0.383 e. The molecule has 1 amide bonds. The third kappa shape index (κ3) is 3.57. The molecule has 0 saturated carbocycles. The molecule has 1 heterocycles. The van der Waals surface area contributed by atoms with Gasteiger partial charge in [-0.15, -0.1) is 0 Å². The van der Waals surface area contributed by atoms with Crippen LogP contribution in [0.1, 0.15) is 15.9 Å². The lowest BCUT2D eigenvalue weighted by molar-refractivity contribution is -0.385. The van der Waals surface area contributed by atoms with Crippen molar-refractivity contribution in [3.05, 3.63) is 69.9 Å². The summed E-state index contributed by atoms with van der Waals surface area (Å²) < 4.78 is 7.19. The van der Waals surface area contributed by atoms with E-state index in [9.17, 15) is 14.9 Å². The van der Waals surface area contributed by atoms with Crippen LogP contribution in [0.5, 0.6) is 0 Å². The molecule has 2 aromatic carbocycles. The summed E-state index contributed by atoms with van der Waals surface area (Å²) in [4.78, 5) is 22.8. The molecule has 0 aliphatic carbocycles. The average Bonchev–Trinajstić information content (AvgIpc) is 3.01. The Balaban J connectivity index is 1.79. The molecule has 3 rings (SSSR count). The van der Waals surface area contributed by atoms with E-state index in [1.54, 1.807) is 14.0 Å². The number of amides is 1. The second kappa shape index (κ2) is 7.37. The van der Waals surface area contributed by atoms with Crippen molar-refractivity contribution >= 4 is 28.2 Å². The van der Waals surface area contributed by atoms with Crippen molar-refractivity contribution in [2.24, 2.45) is 0 Å². The summed E-state index contributed by atoms with van der Waals surface area (Å²) in [6.45, 7) is 3.00. The van der Waals surface area contributed by atoms with Gasteiger partial charge in [-0.1, -0.05) is 0 Å². The maximum absolute atomic E-state index is 12.4. The molecule has 0 spiro atoms. The fourth-order valence-electron chi connectivity index (χ4n) is 2.87. The van der Waals surface area contributed by atoms with Gasteiger partial charge in [-0.25, -0.2) is 0 Å². The minimum Gasteiger partial charge on any atom is -0.383 e. The first-order valence-corrected chi connectivity index (χ1v) is 8.14. The number of rotatable bonds is 6. The SMILES string of the molecule is COCCn1ccc2cc(NC(=O)c3ccc([N+](=O)[O-])c(C)c3)ccc21. The van der Waals surface area contributed by atoms with Crippen LogP contribution in [0.15, 0.2) is 48.7 Å². The fourth-order valence-corrected chi connectivity index (χ4v) is 2.87. The van der Waals surface area contributed by atoms with Crippen LogP contribution < -0.4 is 5.32 Å². The van der Waals surface area contributed by atoms with Gasteiger partial charge >= 0.3 is 0 Å². The number of hydrogen-bond donors (Lipinski definition) is 1. The summed E-state index contributed by atoms with van der Waals surface area (Å²) in [6, 6.07) is 12.0. The summed E-state index contributed by atoms with van der Waals surface area (Å²) in [5, 5.41) is 14.7. The highest BCUT2D eigenvalue weighted by Crippen LogP contribution is 2.22. The Morgan fingerprint density at radius 3 is 2.73 bits per heavy atom. The molecule has 0 unspecified atom stereocenters. The van der Waals surface area contributed by atoms with Crippen molar-refractivity contribution in [1.29, 1.82) is 0 Å². The molecule has 0 aliphatic rings. The van der Waals surface area contributed by atoms with Crippen molar-refractivity contribution in [3.8, 4) is 0 Å². The Kier molecular flexibility index (Phi) is 4.99. The van der Waals surface area contributed by atoms with Gasteiger partial charge in [0.25, 0.3) is 11.6 Å². The molecule has 1 aromatic heterocycles. The molecule has 0 fully saturated rings. The van der Waals surface area contributed by atoms with Gasteiger partial charge in [-0.05, 0) is 43.3 Å². The van der Waals surface area contributed by atoms with E-state index < -0.39 is 4.92 Å². The number of carbonyl (C=O) groups is 1. The van der Waals surface area contributed by atoms with Gasteiger partial charge in [-0.3, -0.25) is 14.9 Å². The van der Waals surface area contributed by atoms with Gasteiger partial charge in [-0.2, -0.15) is 0 Å².